The smallest absolute Gasteiger partial charge is 0.262 e. The summed E-state index contributed by atoms with van der Waals surface area (Å²) in [4.78, 5) is 15.7. The van der Waals surface area contributed by atoms with E-state index in [0.717, 1.165) is 18.5 Å². The lowest BCUT2D eigenvalue weighted by Crippen LogP contribution is -2.27. The Bertz CT molecular complexity index is 677. The van der Waals surface area contributed by atoms with Crippen molar-refractivity contribution in [3.05, 3.63) is 24.0 Å². The summed E-state index contributed by atoms with van der Waals surface area (Å²) in [6, 6.07) is 3.37. The molecular formula is C15H20N4O3. The van der Waals surface area contributed by atoms with E-state index >= 15 is 0 Å². The van der Waals surface area contributed by atoms with E-state index in [0.29, 0.717) is 17.4 Å². The second kappa shape index (κ2) is 6.23. The van der Waals surface area contributed by atoms with Crippen LogP contribution in [0.25, 0.3) is 5.65 Å². The van der Waals surface area contributed by atoms with Crippen LogP contribution < -0.4 is 10.8 Å². The number of aromatic nitrogens is 2. The van der Waals surface area contributed by atoms with E-state index in [1.165, 1.54) is 19.3 Å². The number of aromatic hydroxyl groups is 1. The molecule has 22 heavy (non-hydrogen) atoms. The van der Waals surface area contributed by atoms with Crippen molar-refractivity contribution in [3.63, 3.8) is 0 Å². The van der Waals surface area contributed by atoms with Crippen LogP contribution in [-0.2, 0) is 4.79 Å². The molecule has 3 rings (SSSR count). The molecule has 1 aliphatic carbocycles. The average molecular weight is 304 g/mol. The molecule has 7 nitrogen and oxygen atoms in total. The van der Waals surface area contributed by atoms with Crippen LogP contribution in [0, 0.1) is 0 Å². The number of fused-ring (bicyclic) bond motifs is 1. The van der Waals surface area contributed by atoms with Gasteiger partial charge in [0.15, 0.2) is 11.4 Å². The minimum absolute atomic E-state index is 0.0686. The molecular weight excluding hydrogens is 284 g/mol. The quantitative estimate of drug-likeness (QED) is 0.511. The van der Waals surface area contributed by atoms with Crippen LogP contribution in [0.4, 0.5) is 5.82 Å². The first-order chi connectivity index (χ1) is 10.7. The van der Waals surface area contributed by atoms with Gasteiger partial charge in [0.1, 0.15) is 5.82 Å². The average Bonchev–Trinajstić information content (AvgIpc) is 2.93. The first-order valence-corrected chi connectivity index (χ1v) is 7.57. The summed E-state index contributed by atoms with van der Waals surface area (Å²) in [6.07, 6.45) is 7.62. The topological polar surface area (TPSA) is 98.9 Å². The van der Waals surface area contributed by atoms with Gasteiger partial charge in [-0.05, 0) is 25.0 Å². The van der Waals surface area contributed by atoms with E-state index in [2.05, 4.69) is 10.3 Å². The number of nitrogens with one attached hydrogen (secondary N) is 2. The van der Waals surface area contributed by atoms with Gasteiger partial charge in [0, 0.05) is 12.1 Å². The second-order valence-corrected chi connectivity index (χ2v) is 5.66. The molecule has 0 aliphatic heterocycles. The Hall–Kier alpha value is -2.28. The van der Waals surface area contributed by atoms with E-state index < -0.39 is 5.91 Å². The van der Waals surface area contributed by atoms with Gasteiger partial charge in [-0.15, -0.1) is 0 Å². The van der Waals surface area contributed by atoms with Crippen LogP contribution in [0.3, 0.4) is 0 Å². The molecule has 0 bridgehead atoms. The minimum Gasteiger partial charge on any atom is -0.504 e. The maximum Gasteiger partial charge on any atom is 0.262 e. The number of imidazole rings is 1. The van der Waals surface area contributed by atoms with E-state index in [-0.39, 0.29) is 12.3 Å². The summed E-state index contributed by atoms with van der Waals surface area (Å²) in [5, 5.41) is 21.6. The maximum absolute atomic E-state index is 11.2. The number of carbonyl (C=O) groups is 1. The van der Waals surface area contributed by atoms with Crippen molar-refractivity contribution in [3.8, 4) is 5.75 Å². The largest absolute Gasteiger partial charge is 0.504 e. The molecule has 0 spiro atoms. The van der Waals surface area contributed by atoms with Crippen molar-refractivity contribution < 1.29 is 15.1 Å². The van der Waals surface area contributed by atoms with Crippen LogP contribution in [0.5, 0.6) is 5.75 Å². The van der Waals surface area contributed by atoms with Crippen LogP contribution in [0.2, 0.25) is 0 Å². The number of hydrogen-bond donors (Lipinski definition) is 4. The number of hydroxylamine groups is 1. The Kier molecular flexibility index (Phi) is 4.15. The van der Waals surface area contributed by atoms with Gasteiger partial charge < -0.3 is 10.4 Å². The van der Waals surface area contributed by atoms with Gasteiger partial charge in [-0.25, -0.2) is 10.5 Å². The Morgan fingerprint density at radius 1 is 1.36 bits per heavy atom. The third kappa shape index (κ3) is 2.71. The summed E-state index contributed by atoms with van der Waals surface area (Å²) in [7, 11) is 0. The SMILES string of the molecule is O=C(CNc1nc2c(O)cccn2c1C1CCCCC1)NO. The number of nitrogens with zero attached hydrogens (tertiary/aromatic N) is 2. The molecule has 2 aromatic rings. The van der Waals surface area contributed by atoms with Crippen molar-refractivity contribution in [1.82, 2.24) is 14.9 Å². The normalized spacial score (nSPS) is 15.9. The lowest BCUT2D eigenvalue weighted by molar-refractivity contribution is -0.127. The summed E-state index contributed by atoms with van der Waals surface area (Å²) in [5.74, 6) is 0.525. The van der Waals surface area contributed by atoms with Crippen LogP contribution in [-0.4, -0.2) is 32.2 Å². The zero-order chi connectivity index (χ0) is 15.5. The van der Waals surface area contributed by atoms with Crippen LogP contribution in [0.15, 0.2) is 18.3 Å². The highest BCUT2D eigenvalue weighted by atomic mass is 16.5. The van der Waals surface area contributed by atoms with Gasteiger partial charge in [0.05, 0.1) is 12.2 Å². The van der Waals surface area contributed by atoms with Crippen molar-refractivity contribution in [2.75, 3.05) is 11.9 Å². The molecule has 0 unspecified atom stereocenters. The van der Waals surface area contributed by atoms with E-state index in [4.69, 9.17) is 5.21 Å². The molecule has 0 saturated heterocycles. The fraction of sp³-hybridized carbons (Fsp3) is 0.467. The lowest BCUT2D eigenvalue weighted by atomic mass is 9.87. The van der Waals surface area contributed by atoms with E-state index in [9.17, 15) is 9.90 Å². The van der Waals surface area contributed by atoms with Gasteiger partial charge in [0.25, 0.3) is 5.91 Å². The van der Waals surface area contributed by atoms with Gasteiger partial charge in [-0.3, -0.25) is 14.4 Å². The molecule has 1 saturated carbocycles. The summed E-state index contributed by atoms with van der Waals surface area (Å²) in [6.45, 7) is -0.0686. The van der Waals surface area contributed by atoms with Crippen molar-refractivity contribution >= 4 is 17.4 Å². The summed E-state index contributed by atoms with van der Waals surface area (Å²) >= 11 is 0. The van der Waals surface area contributed by atoms with E-state index in [1.807, 2.05) is 10.6 Å². The van der Waals surface area contributed by atoms with Crippen molar-refractivity contribution in [2.24, 2.45) is 0 Å². The number of hydrogen-bond acceptors (Lipinski definition) is 5. The Labute approximate surface area is 127 Å². The zero-order valence-corrected chi connectivity index (χ0v) is 12.2. The molecule has 1 amide bonds. The van der Waals surface area contributed by atoms with Crippen LogP contribution >= 0.6 is 0 Å². The molecule has 7 heteroatoms. The van der Waals surface area contributed by atoms with Crippen molar-refractivity contribution in [2.45, 2.75) is 38.0 Å². The highest BCUT2D eigenvalue weighted by molar-refractivity contribution is 5.79. The molecule has 0 atom stereocenters. The Morgan fingerprint density at radius 3 is 2.86 bits per heavy atom. The molecule has 2 heterocycles. The summed E-state index contributed by atoms with van der Waals surface area (Å²) in [5.41, 5.74) is 3.07. The molecule has 118 valence electrons. The van der Waals surface area contributed by atoms with Gasteiger partial charge in [0.2, 0.25) is 0 Å². The van der Waals surface area contributed by atoms with Gasteiger partial charge in [-0.1, -0.05) is 19.3 Å². The third-order valence-corrected chi connectivity index (χ3v) is 4.20. The number of amides is 1. The Balaban J connectivity index is 2.00. The van der Waals surface area contributed by atoms with Gasteiger partial charge >= 0.3 is 0 Å². The number of pyridine rings is 1. The molecule has 0 aromatic carbocycles. The molecule has 2 aromatic heterocycles. The number of anilines is 1. The minimum atomic E-state index is -0.532. The van der Waals surface area contributed by atoms with Gasteiger partial charge in [-0.2, -0.15) is 0 Å². The maximum atomic E-state index is 11.2. The second-order valence-electron chi connectivity index (χ2n) is 5.66. The van der Waals surface area contributed by atoms with E-state index in [1.54, 1.807) is 17.6 Å². The highest BCUT2D eigenvalue weighted by Gasteiger charge is 2.24. The lowest BCUT2D eigenvalue weighted by Gasteiger charge is -2.22. The Morgan fingerprint density at radius 2 is 2.14 bits per heavy atom. The first kappa shape index (κ1) is 14.6. The predicted molar refractivity (Wildman–Crippen MR) is 81.1 cm³/mol. The predicted octanol–water partition coefficient (Wildman–Crippen LogP) is 2.00. The summed E-state index contributed by atoms with van der Waals surface area (Å²) < 4.78 is 1.89. The standard InChI is InChI=1S/C15H20N4O3/c20-11-7-4-8-19-13(10-5-2-1-3-6-10)14(17-15(11)19)16-9-12(21)18-22/h4,7-8,10,16,20,22H,1-3,5-6,9H2,(H,18,21). The zero-order valence-electron chi connectivity index (χ0n) is 12.2. The van der Waals surface area contributed by atoms with Crippen molar-refractivity contribution in [1.29, 1.82) is 0 Å². The third-order valence-electron chi connectivity index (χ3n) is 4.20. The molecule has 4 N–H and O–H groups in total. The fourth-order valence-electron chi connectivity index (χ4n) is 3.17. The van der Waals surface area contributed by atoms with Crippen LogP contribution in [0.1, 0.15) is 43.7 Å². The fourth-order valence-corrected chi connectivity index (χ4v) is 3.17. The highest BCUT2D eigenvalue weighted by Crippen LogP contribution is 2.37. The first-order valence-electron chi connectivity index (χ1n) is 7.57. The molecule has 1 aliphatic rings. The molecule has 0 radical (unpaired) electrons. The monoisotopic (exact) mass is 304 g/mol. The number of carbonyl (C=O) groups excluding carboxylic acids is 1. The molecule has 1 fully saturated rings. The number of rotatable bonds is 4.